The average molecular weight is 362 g/mol. The second-order valence-corrected chi connectivity index (χ2v) is 6.55. The highest BCUT2D eigenvalue weighted by Gasteiger charge is 2.25. The Morgan fingerprint density at radius 2 is 2.00 bits per heavy atom. The zero-order valence-corrected chi connectivity index (χ0v) is 14.2. The highest BCUT2D eigenvalue weighted by atomic mass is 19.1. The molecule has 0 amide bonds. The van der Waals surface area contributed by atoms with Crippen molar-refractivity contribution in [3.63, 3.8) is 0 Å². The van der Waals surface area contributed by atoms with Gasteiger partial charge >= 0.3 is 0 Å². The van der Waals surface area contributed by atoms with Crippen molar-refractivity contribution < 1.29 is 9.18 Å². The normalized spacial score (nSPS) is 13.8. The first-order valence-corrected chi connectivity index (χ1v) is 8.65. The van der Waals surface area contributed by atoms with Crippen molar-refractivity contribution in [1.82, 2.24) is 24.6 Å². The molecular formula is C19H15FN6O. The fourth-order valence-corrected chi connectivity index (χ4v) is 2.97. The van der Waals surface area contributed by atoms with Crippen LogP contribution >= 0.6 is 0 Å². The van der Waals surface area contributed by atoms with E-state index in [0.717, 1.165) is 5.69 Å². The third-order valence-corrected chi connectivity index (χ3v) is 4.55. The zero-order chi connectivity index (χ0) is 18.4. The summed E-state index contributed by atoms with van der Waals surface area (Å²) in [6.07, 6.45) is 4.15. The van der Waals surface area contributed by atoms with E-state index in [2.05, 4.69) is 25.5 Å². The second-order valence-electron chi connectivity index (χ2n) is 6.55. The number of benzene rings is 1. The highest BCUT2D eigenvalue weighted by Crippen LogP contribution is 2.39. The second kappa shape index (κ2) is 6.01. The smallest absolute Gasteiger partial charge is 0.230 e. The Labute approximate surface area is 153 Å². The summed E-state index contributed by atoms with van der Waals surface area (Å²) >= 11 is 0. The minimum Gasteiger partial charge on any atom is -0.308 e. The van der Waals surface area contributed by atoms with E-state index in [1.54, 1.807) is 16.7 Å². The first kappa shape index (κ1) is 15.7. The van der Waals surface area contributed by atoms with E-state index in [0.29, 0.717) is 28.9 Å². The van der Waals surface area contributed by atoms with Crippen LogP contribution in [0.2, 0.25) is 0 Å². The lowest BCUT2D eigenvalue weighted by Crippen LogP contribution is -2.12. The number of fused-ring (bicyclic) bond motifs is 1. The van der Waals surface area contributed by atoms with Gasteiger partial charge in [0.15, 0.2) is 5.82 Å². The predicted molar refractivity (Wildman–Crippen MR) is 96.7 cm³/mol. The van der Waals surface area contributed by atoms with E-state index in [4.69, 9.17) is 0 Å². The number of anilines is 2. The number of H-pyrrole nitrogens is 1. The van der Waals surface area contributed by atoms with Gasteiger partial charge in [-0.15, -0.1) is 0 Å². The SMILES string of the molecule is O=C(c1ccc(F)cc1)c1nc(Nc2cc(C3CC3)[nH]n2)n2cccc2n1. The molecular weight excluding hydrogens is 347 g/mol. The number of ketones is 1. The number of nitrogens with one attached hydrogen (secondary N) is 2. The van der Waals surface area contributed by atoms with E-state index in [-0.39, 0.29) is 11.6 Å². The largest absolute Gasteiger partial charge is 0.308 e. The minimum absolute atomic E-state index is 0.0354. The summed E-state index contributed by atoms with van der Waals surface area (Å²) in [7, 11) is 0. The molecule has 3 heterocycles. The van der Waals surface area contributed by atoms with Crippen LogP contribution in [0, 0.1) is 5.82 Å². The maximum Gasteiger partial charge on any atom is 0.230 e. The molecule has 0 atom stereocenters. The van der Waals surface area contributed by atoms with Gasteiger partial charge in [0, 0.05) is 29.4 Å². The lowest BCUT2D eigenvalue weighted by molar-refractivity contribution is 0.102. The molecule has 27 heavy (non-hydrogen) atoms. The first-order valence-electron chi connectivity index (χ1n) is 8.65. The molecule has 0 unspecified atom stereocenters. The van der Waals surface area contributed by atoms with Gasteiger partial charge in [-0.05, 0) is 49.2 Å². The first-order chi connectivity index (χ1) is 13.2. The molecule has 7 nitrogen and oxygen atoms in total. The number of aromatic amines is 1. The Morgan fingerprint density at radius 3 is 2.78 bits per heavy atom. The number of carbonyl (C=O) groups excluding carboxylic acids is 1. The quantitative estimate of drug-likeness (QED) is 0.531. The van der Waals surface area contributed by atoms with Crippen LogP contribution in [0.15, 0.2) is 48.7 Å². The van der Waals surface area contributed by atoms with Crippen molar-refractivity contribution in [3.8, 4) is 0 Å². The summed E-state index contributed by atoms with van der Waals surface area (Å²) in [5.74, 6) is 0.883. The predicted octanol–water partition coefficient (Wildman–Crippen LogP) is 3.44. The van der Waals surface area contributed by atoms with Gasteiger partial charge in [-0.25, -0.2) is 9.37 Å². The fourth-order valence-electron chi connectivity index (χ4n) is 2.97. The van der Waals surface area contributed by atoms with Gasteiger partial charge in [0.05, 0.1) is 0 Å². The molecule has 1 aromatic carbocycles. The molecule has 1 aliphatic carbocycles. The number of hydrogen-bond donors (Lipinski definition) is 2. The summed E-state index contributed by atoms with van der Waals surface area (Å²) in [4.78, 5) is 21.4. The van der Waals surface area contributed by atoms with E-state index in [9.17, 15) is 9.18 Å². The molecule has 2 N–H and O–H groups in total. The van der Waals surface area contributed by atoms with E-state index in [1.165, 1.54) is 37.1 Å². The van der Waals surface area contributed by atoms with Gasteiger partial charge in [0.1, 0.15) is 11.5 Å². The van der Waals surface area contributed by atoms with Crippen LogP contribution in [0.3, 0.4) is 0 Å². The molecule has 3 aromatic heterocycles. The summed E-state index contributed by atoms with van der Waals surface area (Å²) in [5.41, 5.74) is 2.00. The molecule has 134 valence electrons. The zero-order valence-electron chi connectivity index (χ0n) is 14.2. The number of rotatable bonds is 5. The summed E-state index contributed by atoms with van der Waals surface area (Å²) < 4.78 is 14.9. The molecule has 0 bridgehead atoms. The molecule has 8 heteroatoms. The van der Waals surface area contributed by atoms with Crippen molar-refractivity contribution in [1.29, 1.82) is 0 Å². The number of nitrogens with zero attached hydrogens (tertiary/aromatic N) is 4. The Bertz CT molecular complexity index is 1140. The third-order valence-electron chi connectivity index (χ3n) is 4.55. The molecule has 0 radical (unpaired) electrons. The van der Waals surface area contributed by atoms with Crippen LogP contribution in [-0.2, 0) is 0 Å². The van der Waals surface area contributed by atoms with Crippen LogP contribution in [0.1, 0.15) is 40.6 Å². The van der Waals surface area contributed by atoms with Crippen LogP contribution in [0.5, 0.6) is 0 Å². The van der Waals surface area contributed by atoms with Crippen LogP contribution in [-0.4, -0.2) is 30.3 Å². The van der Waals surface area contributed by atoms with E-state index >= 15 is 0 Å². The summed E-state index contributed by atoms with van der Waals surface area (Å²) in [5, 5.41) is 10.4. The number of hydrogen-bond acceptors (Lipinski definition) is 5. The van der Waals surface area contributed by atoms with Crippen molar-refractivity contribution in [2.75, 3.05) is 5.32 Å². The topological polar surface area (TPSA) is 88.0 Å². The van der Waals surface area contributed by atoms with Crippen LogP contribution < -0.4 is 5.32 Å². The van der Waals surface area contributed by atoms with E-state index in [1.807, 2.05) is 12.1 Å². The van der Waals surface area contributed by atoms with E-state index < -0.39 is 5.82 Å². The van der Waals surface area contributed by atoms with Crippen molar-refractivity contribution in [3.05, 3.63) is 71.6 Å². The van der Waals surface area contributed by atoms with Gasteiger partial charge in [0.2, 0.25) is 17.6 Å². The van der Waals surface area contributed by atoms with Gasteiger partial charge in [-0.2, -0.15) is 10.1 Å². The van der Waals surface area contributed by atoms with Gasteiger partial charge in [-0.3, -0.25) is 14.3 Å². The molecule has 1 aliphatic rings. The Kier molecular flexibility index (Phi) is 3.49. The monoisotopic (exact) mass is 362 g/mol. The summed E-state index contributed by atoms with van der Waals surface area (Å²) in [6.45, 7) is 0. The van der Waals surface area contributed by atoms with Gasteiger partial charge in [0.25, 0.3) is 0 Å². The molecule has 5 rings (SSSR count). The van der Waals surface area contributed by atoms with Gasteiger partial charge in [-0.1, -0.05) is 0 Å². The average Bonchev–Trinajstić information content (AvgIpc) is 3.23. The molecule has 4 aromatic rings. The van der Waals surface area contributed by atoms with Gasteiger partial charge < -0.3 is 5.32 Å². The lowest BCUT2D eigenvalue weighted by Gasteiger charge is -2.08. The number of halogens is 1. The van der Waals surface area contributed by atoms with Crippen molar-refractivity contribution in [2.45, 2.75) is 18.8 Å². The Balaban J connectivity index is 1.52. The van der Waals surface area contributed by atoms with Crippen molar-refractivity contribution in [2.24, 2.45) is 0 Å². The molecule has 1 saturated carbocycles. The minimum atomic E-state index is -0.401. The standard InChI is InChI=1S/C19H15FN6O/c20-13-7-5-12(6-8-13)17(27)18-22-16-2-1-9-26(16)19(23-18)21-15-10-14(24-25-15)11-3-4-11/h1-2,5-11H,3-4H2,(H2,21,22,23,24,25). The molecule has 0 saturated heterocycles. The number of aromatic nitrogens is 5. The Hall–Kier alpha value is -3.55. The van der Waals surface area contributed by atoms with Crippen molar-refractivity contribution >= 4 is 23.2 Å². The third kappa shape index (κ3) is 2.95. The Morgan fingerprint density at radius 1 is 1.19 bits per heavy atom. The van der Waals surface area contributed by atoms with Crippen LogP contribution in [0.4, 0.5) is 16.2 Å². The maximum atomic E-state index is 13.1. The lowest BCUT2D eigenvalue weighted by atomic mass is 10.1. The fraction of sp³-hybridized carbons (Fsp3) is 0.158. The summed E-state index contributed by atoms with van der Waals surface area (Å²) in [6, 6.07) is 10.9. The molecule has 1 fully saturated rings. The number of carbonyl (C=O) groups is 1. The van der Waals surface area contributed by atoms with Crippen LogP contribution in [0.25, 0.3) is 5.65 Å². The molecule has 0 spiro atoms. The highest BCUT2D eigenvalue weighted by molar-refractivity contribution is 6.06. The molecule has 0 aliphatic heterocycles. The maximum absolute atomic E-state index is 13.1.